The van der Waals surface area contributed by atoms with Crippen LogP contribution in [0.25, 0.3) is 10.8 Å². The number of halogens is 1. The average molecular weight is 381 g/mol. The molecule has 3 rings (SSSR count). The number of rotatable bonds is 6. The van der Waals surface area contributed by atoms with Gasteiger partial charge >= 0.3 is 5.97 Å². The van der Waals surface area contributed by atoms with E-state index in [0.29, 0.717) is 18.4 Å². The molecular formula is C22H20FNO4. The Morgan fingerprint density at radius 2 is 1.79 bits per heavy atom. The maximum Gasteiger partial charge on any atom is 0.342 e. The summed E-state index contributed by atoms with van der Waals surface area (Å²) in [7, 11) is 0. The maximum absolute atomic E-state index is 12.9. The van der Waals surface area contributed by atoms with Crippen LogP contribution in [0.5, 0.6) is 5.75 Å². The summed E-state index contributed by atoms with van der Waals surface area (Å²) >= 11 is 0. The zero-order valence-corrected chi connectivity index (χ0v) is 15.3. The first-order valence-corrected chi connectivity index (χ1v) is 8.89. The van der Waals surface area contributed by atoms with Crippen LogP contribution in [-0.4, -0.2) is 29.6 Å². The molecule has 0 heterocycles. The molecule has 0 saturated heterocycles. The van der Waals surface area contributed by atoms with Crippen molar-refractivity contribution in [3.63, 3.8) is 0 Å². The fourth-order valence-corrected chi connectivity index (χ4v) is 2.82. The molecule has 5 nitrogen and oxygen atoms in total. The van der Waals surface area contributed by atoms with Gasteiger partial charge in [-0.3, -0.25) is 4.79 Å². The van der Waals surface area contributed by atoms with E-state index >= 15 is 0 Å². The summed E-state index contributed by atoms with van der Waals surface area (Å²) < 4.78 is 18.1. The molecule has 3 aromatic rings. The van der Waals surface area contributed by atoms with E-state index < -0.39 is 18.0 Å². The molecule has 0 unspecified atom stereocenters. The zero-order valence-electron chi connectivity index (χ0n) is 15.3. The van der Waals surface area contributed by atoms with Gasteiger partial charge < -0.3 is 15.2 Å². The van der Waals surface area contributed by atoms with Gasteiger partial charge in [0.1, 0.15) is 17.1 Å². The molecule has 2 N–H and O–H groups in total. The summed E-state index contributed by atoms with van der Waals surface area (Å²) in [5, 5.41) is 14.3. The van der Waals surface area contributed by atoms with Gasteiger partial charge in [-0.15, -0.1) is 0 Å². The van der Waals surface area contributed by atoms with Crippen LogP contribution < -0.4 is 5.32 Å². The van der Waals surface area contributed by atoms with Gasteiger partial charge in [-0.25, -0.2) is 9.18 Å². The summed E-state index contributed by atoms with van der Waals surface area (Å²) in [6.45, 7) is 1.79. The predicted molar refractivity (Wildman–Crippen MR) is 104 cm³/mol. The molecule has 144 valence electrons. The Morgan fingerprint density at radius 3 is 2.54 bits per heavy atom. The molecule has 0 aliphatic heterocycles. The molecule has 0 radical (unpaired) electrons. The maximum atomic E-state index is 12.9. The van der Waals surface area contributed by atoms with Gasteiger partial charge in [0, 0.05) is 11.9 Å². The Morgan fingerprint density at radius 1 is 1.07 bits per heavy atom. The standard InChI is InChI=1S/C22H20FNO4/c1-14(21(26)24-13-12-15-6-9-17(23)10-7-15)28-22(27)19-11-8-16-4-2-3-5-18(16)20(19)25/h2-11,14,25H,12-13H2,1H3,(H,24,26)/t14-/m0/s1. The Balaban J connectivity index is 1.57. The average Bonchev–Trinajstić information content (AvgIpc) is 2.69. The molecule has 1 amide bonds. The minimum atomic E-state index is -1.02. The van der Waals surface area contributed by atoms with E-state index in [1.807, 2.05) is 12.1 Å². The third-order valence-corrected chi connectivity index (χ3v) is 4.40. The largest absolute Gasteiger partial charge is 0.506 e. The first-order valence-electron chi connectivity index (χ1n) is 8.89. The topological polar surface area (TPSA) is 75.6 Å². The molecule has 1 atom stereocenters. The number of nitrogens with one attached hydrogen (secondary N) is 1. The van der Waals surface area contributed by atoms with Crippen LogP contribution in [0.1, 0.15) is 22.8 Å². The molecule has 0 aromatic heterocycles. The number of hydrogen-bond acceptors (Lipinski definition) is 4. The third-order valence-electron chi connectivity index (χ3n) is 4.40. The molecule has 0 saturated carbocycles. The minimum Gasteiger partial charge on any atom is -0.506 e. The second kappa shape index (κ2) is 8.52. The third kappa shape index (κ3) is 4.46. The van der Waals surface area contributed by atoms with E-state index in [1.54, 1.807) is 30.3 Å². The highest BCUT2D eigenvalue weighted by Gasteiger charge is 2.21. The second-order valence-electron chi connectivity index (χ2n) is 6.40. The number of amides is 1. The highest BCUT2D eigenvalue weighted by atomic mass is 19.1. The number of carbonyl (C=O) groups is 2. The van der Waals surface area contributed by atoms with Gasteiger partial charge in [0.05, 0.1) is 0 Å². The molecule has 0 aliphatic carbocycles. The van der Waals surface area contributed by atoms with Gasteiger partial charge in [-0.1, -0.05) is 42.5 Å². The monoisotopic (exact) mass is 381 g/mol. The Labute approximate surface area is 161 Å². The number of ether oxygens (including phenoxy) is 1. The number of phenols is 1. The van der Waals surface area contributed by atoms with Gasteiger partial charge in [0.2, 0.25) is 0 Å². The summed E-state index contributed by atoms with van der Waals surface area (Å²) in [4.78, 5) is 24.5. The smallest absolute Gasteiger partial charge is 0.342 e. The van der Waals surface area contributed by atoms with Gasteiger partial charge in [0.25, 0.3) is 5.91 Å². The molecule has 6 heteroatoms. The van der Waals surface area contributed by atoms with Crippen LogP contribution in [0.3, 0.4) is 0 Å². The molecule has 3 aromatic carbocycles. The number of esters is 1. The van der Waals surface area contributed by atoms with Crippen LogP contribution >= 0.6 is 0 Å². The van der Waals surface area contributed by atoms with Crippen molar-refractivity contribution >= 4 is 22.6 Å². The van der Waals surface area contributed by atoms with Crippen molar-refractivity contribution in [2.75, 3.05) is 6.54 Å². The lowest BCUT2D eigenvalue weighted by atomic mass is 10.1. The van der Waals surface area contributed by atoms with Gasteiger partial charge in [0.15, 0.2) is 6.10 Å². The Bertz CT molecular complexity index is 1000. The van der Waals surface area contributed by atoms with Crippen molar-refractivity contribution in [2.45, 2.75) is 19.4 Å². The Kier molecular flexibility index (Phi) is 5.89. The van der Waals surface area contributed by atoms with Crippen LogP contribution in [0.4, 0.5) is 4.39 Å². The van der Waals surface area contributed by atoms with Crippen molar-refractivity contribution in [2.24, 2.45) is 0 Å². The molecule has 0 fully saturated rings. The fraction of sp³-hybridized carbons (Fsp3) is 0.182. The van der Waals surface area contributed by atoms with Crippen molar-refractivity contribution in [3.05, 3.63) is 77.6 Å². The van der Waals surface area contributed by atoms with Crippen molar-refractivity contribution in [1.82, 2.24) is 5.32 Å². The Hall–Kier alpha value is -3.41. The molecule has 0 spiro atoms. The lowest BCUT2D eigenvalue weighted by Crippen LogP contribution is -2.36. The van der Waals surface area contributed by atoms with Gasteiger partial charge in [-0.2, -0.15) is 0 Å². The second-order valence-corrected chi connectivity index (χ2v) is 6.40. The SMILES string of the molecule is C[C@H](OC(=O)c1ccc2ccccc2c1O)C(=O)NCCc1ccc(F)cc1. The summed E-state index contributed by atoms with van der Waals surface area (Å²) in [6.07, 6.45) is -0.496. The number of phenolic OH excluding ortho intramolecular Hbond substituents is 1. The predicted octanol–water partition coefficient (Wildman–Crippen LogP) is 3.59. The van der Waals surface area contributed by atoms with Crippen molar-refractivity contribution < 1.29 is 23.8 Å². The van der Waals surface area contributed by atoms with Crippen LogP contribution in [0, 0.1) is 5.82 Å². The van der Waals surface area contributed by atoms with Crippen LogP contribution in [-0.2, 0) is 16.0 Å². The first kappa shape index (κ1) is 19.4. The summed E-state index contributed by atoms with van der Waals surface area (Å²) in [6, 6.07) is 16.3. The highest BCUT2D eigenvalue weighted by Crippen LogP contribution is 2.29. The lowest BCUT2D eigenvalue weighted by Gasteiger charge is -2.14. The van der Waals surface area contributed by atoms with E-state index in [0.717, 1.165) is 10.9 Å². The van der Waals surface area contributed by atoms with Crippen molar-refractivity contribution in [3.8, 4) is 5.75 Å². The van der Waals surface area contributed by atoms with Crippen LogP contribution in [0.2, 0.25) is 0 Å². The van der Waals surface area contributed by atoms with E-state index in [2.05, 4.69) is 5.32 Å². The molecular weight excluding hydrogens is 361 g/mol. The lowest BCUT2D eigenvalue weighted by molar-refractivity contribution is -0.129. The zero-order chi connectivity index (χ0) is 20.1. The van der Waals surface area contributed by atoms with E-state index in [4.69, 9.17) is 4.74 Å². The quantitative estimate of drug-likeness (QED) is 0.640. The number of hydrogen-bond donors (Lipinski definition) is 2. The number of carbonyl (C=O) groups excluding carboxylic acids is 2. The molecule has 28 heavy (non-hydrogen) atoms. The normalized spacial score (nSPS) is 11.8. The van der Waals surface area contributed by atoms with E-state index in [9.17, 15) is 19.1 Å². The summed E-state index contributed by atoms with van der Waals surface area (Å²) in [5.41, 5.74) is 0.886. The molecule has 0 bridgehead atoms. The van der Waals surface area contributed by atoms with E-state index in [-0.39, 0.29) is 17.1 Å². The number of fused-ring (bicyclic) bond motifs is 1. The minimum absolute atomic E-state index is 0.00432. The molecule has 0 aliphatic rings. The number of benzene rings is 3. The van der Waals surface area contributed by atoms with Crippen molar-refractivity contribution in [1.29, 1.82) is 0 Å². The van der Waals surface area contributed by atoms with E-state index in [1.165, 1.54) is 25.1 Å². The first-order chi connectivity index (χ1) is 13.5. The highest BCUT2D eigenvalue weighted by molar-refractivity contribution is 6.01. The fourth-order valence-electron chi connectivity index (χ4n) is 2.82. The van der Waals surface area contributed by atoms with Crippen LogP contribution in [0.15, 0.2) is 60.7 Å². The summed E-state index contributed by atoms with van der Waals surface area (Å²) in [5.74, 6) is -1.71. The van der Waals surface area contributed by atoms with Gasteiger partial charge in [-0.05, 0) is 42.5 Å². The number of aromatic hydroxyl groups is 1.